The highest BCUT2D eigenvalue weighted by atomic mass is 15.2. The Kier molecular flexibility index (Phi) is 3.07. The number of hydrogen-bond acceptors (Lipinski definition) is 5. The summed E-state index contributed by atoms with van der Waals surface area (Å²) in [5.74, 6) is 2.82. The van der Waals surface area contributed by atoms with Crippen LogP contribution in [-0.4, -0.2) is 42.7 Å². The van der Waals surface area contributed by atoms with E-state index >= 15 is 0 Å². The zero-order chi connectivity index (χ0) is 12.5. The summed E-state index contributed by atoms with van der Waals surface area (Å²) in [7, 11) is 2.16. The lowest BCUT2D eigenvalue weighted by molar-refractivity contribution is 0.337. The minimum Gasteiger partial charge on any atom is -0.369 e. The van der Waals surface area contributed by atoms with Crippen LogP contribution in [0.25, 0.3) is 0 Å². The van der Waals surface area contributed by atoms with Gasteiger partial charge in [0.05, 0.1) is 0 Å². The van der Waals surface area contributed by atoms with Crippen LogP contribution in [0.15, 0.2) is 6.33 Å². The molecular weight excluding hydrogens is 226 g/mol. The van der Waals surface area contributed by atoms with Crippen LogP contribution >= 0.6 is 0 Å². The normalized spacial score (nSPS) is 26.6. The van der Waals surface area contributed by atoms with Gasteiger partial charge in [0.2, 0.25) is 0 Å². The maximum atomic E-state index is 4.51. The molecule has 0 bridgehead atoms. The molecule has 5 heteroatoms. The predicted octanol–water partition coefficient (Wildman–Crippen LogP) is 0.879. The molecule has 0 spiro atoms. The highest BCUT2D eigenvalue weighted by molar-refractivity contribution is 5.62. The Morgan fingerprint density at radius 1 is 1.33 bits per heavy atom. The van der Waals surface area contributed by atoms with Crippen molar-refractivity contribution < 1.29 is 0 Å². The summed E-state index contributed by atoms with van der Waals surface area (Å²) in [6.45, 7) is 5.49. The summed E-state index contributed by atoms with van der Waals surface area (Å²) >= 11 is 0. The number of rotatable bonds is 2. The fourth-order valence-electron chi connectivity index (χ4n) is 3.04. The molecule has 2 N–H and O–H groups in total. The maximum Gasteiger partial charge on any atom is 0.137 e. The van der Waals surface area contributed by atoms with Crippen LogP contribution in [0, 0.1) is 5.92 Å². The van der Waals surface area contributed by atoms with Crippen molar-refractivity contribution in [2.45, 2.75) is 25.8 Å². The Morgan fingerprint density at radius 3 is 3.06 bits per heavy atom. The van der Waals surface area contributed by atoms with E-state index in [4.69, 9.17) is 0 Å². The van der Waals surface area contributed by atoms with Gasteiger partial charge in [0.1, 0.15) is 18.0 Å². The SMILES string of the molecule is CC1CCNCC1N(C)c1ncnc2c1CCN2. The van der Waals surface area contributed by atoms with Crippen LogP contribution in [0.5, 0.6) is 0 Å². The predicted molar refractivity (Wildman–Crippen MR) is 73.1 cm³/mol. The Balaban J connectivity index is 1.88. The van der Waals surface area contributed by atoms with Gasteiger partial charge in [-0.3, -0.25) is 0 Å². The molecule has 3 rings (SSSR count). The second-order valence-corrected chi connectivity index (χ2v) is 5.35. The quantitative estimate of drug-likeness (QED) is 0.812. The monoisotopic (exact) mass is 247 g/mol. The number of fused-ring (bicyclic) bond motifs is 1. The number of likely N-dealkylation sites (N-methyl/N-ethyl adjacent to an activating group) is 1. The van der Waals surface area contributed by atoms with Crippen molar-refractivity contribution in [3.63, 3.8) is 0 Å². The fraction of sp³-hybridized carbons (Fsp3) is 0.692. The molecule has 2 aliphatic heterocycles. The first kappa shape index (κ1) is 11.7. The van der Waals surface area contributed by atoms with Crippen molar-refractivity contribution in [1.82, 2.24) is 15.3 Å². The number of hydrogen-bond donors (Lipinski definition) is 2. The molecule has 18 heavy (non-hydrogen) atoms. The molecular formula is C13H21N5. The largest absolute Gasteiger partial charge is 0.369 e. The summed E-state index contributed by atoms with van der Waals surface area (Å²) < 4.78 is 0. The van der Waals surface area contributed by atoms with E-state index in [2.05, 4.69) is 39.5 Å². The number of nitrogens with one attached hydrogen (secondary N) is 2. The molecule has 2 atom stereocenters. The van der Waals surface area contributed by atoms with Crippen molar-refractivity contribution in [1.29, 1.82) is 0 Å². The second kappa shape index (κ2) is 4.72. The van der Waals surface area contributed by atoms with Gasteiger partial charge in [-0.25, -0.2) is 9.97 Å². The van der Waals surface area contributed by atoms with Gasteiger partial charge in [0.25, 0.3) is 0 Å². The van der Waals surface area contributed by atoms with Crippen LogP contribution in [0.2, 0.25) is 0 Å². The van der Waals surface area contributed by atoms with Gasteiger partial charge >= 0.3 is 0 Å². The van der Waals surface area contributed by atoms with E-state index in [1.807, 2.05) is 0 Å². The lowest BCUT2D eigenvalue weighted by Gasteiger charge is -2.37. The summed E-state index contributed by atoms with van der Waals surface area (Å²) in [4.78, 5) is 11.1. The van der Waals surface area contributed by atoms with Gasteiger partial charge in [-0.15, -0.1) is 0 Å². The molecule has 0 amide bonds. The van der Waals surface area contributed by atoms with Crippen molar-refractivity contribution in [3.05, 3.63) is 11.9 Å². The molecule has 1 aromatic heterocycles. The molecule has 1 aromatic rings. The maximum absolute atomic E-state index is 4.51. The van der Waals surface area contributed by atoms with E-state index in [0.29, 0.717) is 12.0 Å². The smallest absolute Gasteiger partial charge is 0.137 e. The van der Waals surface area contributed by atoms with E-state index in [0.717, 1.165) is 37.7 Å². The number of anilines is 2. The summed E-state index contributed by atoms with van der Waals surface area (Å²) in [6.07, 6.45) is 3.94. The Labute approximate surface area is 108 Å². The van der Waals surface area contributed by atoms with Gasteiger partial charge in [0, 0.05) is 31.7 Å². The van der Waals surface area contributed by atoms with Gasteiger partial charge in [-0.2, -0.15) is 0 Å². The summed E-state index contributed by atoms with van der Waals surface area (Å²) in [5.41, 5.74) is 1.28. The number of piperidine rings is 1. The molecule has 0 aliphatic carbocycles. The zero-order valence-corrected chi connectivity index (χ0v) is 11.1. The minimum absolute atomic E-state index is 0.526. The van der Waals surface area contributed by atoms with E-state index in [9.17, 15) is 0 Å². The Hall–Kier alpha value is -1.36. The Bertz CT molecular complexity index is 433. The summed E-state index contributed by atoms with van der Waals surface area (Å²) in [5, 5.41) is 6.80. The van der Waals surface area contributed by atoms with E-state index in [1.165, 1.54) is 12.0 Å². The van der Waals surface area contributed by atoms with E-state index in [1.54, 1.807) is 6.33 Å². The standard InChI is InChI=1S/C13H21N5/c1-9-3-5-14-7-11(9)18(2)13-10-4-6-15-12(10)16-8-17-13/h8-9,11,14H,3-7H2,1-2H3,(H,15,16,17). The number of aromatic nitrogens is 2. The van der Waals surface area contributed by atoms with Crippen molar-refractivity contribution in [3.8, 4) is 0 Å². The first-order valence-electron chi connectivity index (χ1n) is 6.78. The zero-order valence-electron chi connectivity index (χ0n) is 11.1. The molecule has 0 saturated carbocycles. The van der Waals surface area contributed by atoms with Crippen LogP contribution in [-0.2, 0) is 6.42 Å². The highest BCUT2D eigenvalue weighted by Crippen LogP contribution is 2.30. The fourth-order valence-corrected chi connectivity index (χ4v) is 3.04. The van der Waals surface area contributed by atoms with Gasteiger partial charge in [-0.1, -0.05) is 6.92 Å². The molecule has 3 heterocycles. The Morgan fingerprint density at radius 2 is 2.22 bits per heavy atom. The summed E-state index contributed by atoms with van der Waals surface area (Å²) in [6, 6.07) is 0.526. The van der Waals surface area contributed by atoms with Crippen LogP contribution in [0.4, 0.5) is 11.6 Å². The minimum atomic E-state index is 0.526. The molecule has 2 aliphatic rings. The molecule has 1 fully saturated rings. The van der Waals surface area contributed by atoms with Gasteiger partial charge in [-0.05, 0) is 25.3 Å². The second-order valence-electron chi connectivity index (χ2n) is 5.35. The van der Waals surface area contributed by atoms with Crippen molar-refractivity contribution in [2.24, 2.45) is 5.92 Å². The molecule has 5 nitrogen and oxygen atoms in total. The first-order valence-corrected chi connectivity index (χ1v) is 6.78. The van der Waals surface area contributed by atoms with Crippen LogP contribution < -0.4 is 15.5 Å². The van der Waals surface area contributed by atoms with E-state index in [-0.39, 0.29) is 0 Å². The third-order valence-electron chi connectivity index (χ3n) is 4.21. The molecule has 2 unspecified atom stereocenters. The number of nitrogens with zero attached hydrogens (tertiary/aromatic N) is 3. The molecule has 1 saturated heterocycles. The third kappa shape index (κ3) is 1.92. The average Bonchev–Trinajstić information content (AvgIpc) is 2.86. The highest BCUT2D eigenvalue weighted by Gasteiger charge is 2.28. The molecule has 0 radical (unpaired) electrons. The first-order chi connectivity index (χ1) is 8.77. The third-order valence-corrected chi connectivity index (χ3v) is 4.21. The van der Waals surface area contributed by atoms with Crippen molar-refractivity contribution in [2.75, 3.05) is 36.9 Å². The lowest BCUT2D eigenvalue weighted by Crippen LogP contribution is -2.49. The molecule has 0 aromatic carbocycles. The van der Waals surface area contributed by atoms with Gasteiger partial charge in [0.15, 0.2) is 0 Å². The topological polar surface area (TPSA) is 53.1 Å². The van der Waals surface area contributed by atoms with Crippen molar-refractivity contribution >= 4 is 11.6 Å². The molecule has 98 valence electrons. The van der Waals surface area contributed by atoms with E-state index < -0.39 is 0 Å². The van der Waals surface area contributed by atoms with Crippen LogP contribution in [0.3, 0.4) is 0 Å². The van der Waals surface area contributed by atoms with Gasteiger partial charge < -0.3 is 15.5 Å². The average molecular weight is 247 g/mol. The van der Waals surface area contributed by atoms with Crippen LogP contribution in [0.1, 0.15) is 18.9 Å². The lowest BCUT2D eigenvalue weighted by atomic mass is 9.93.